The maximum absolute atomic E-state index is 13.0. The van der Waals surface area contributed by atoms with Crippen molar-refractivity contribution in [2.45, 2.75) is 25.3 Å². The summed E-state index contributed by atoms with van der Waals surface area (Å²) in [4.78, 5) is 25.7. The summed E-state index contributed by atoms with van der Waals surface area (Å²) >= 11 is 12.3. The van der Waals surface area contributed by atoms with Gasteiger partial charge in [-0.15, -0.1) is 0 Å². The van der Waals surface area contributed by atoms with Crippen LogP contribution < -0.4 is 14.8 Å². The van der Waals surface area contributed by atoms with Crippen molar-refractivity contribution in [1.29, 1.82) is 0 Å². The molecule has 1 aliphatic rings. The summed E-state index contributed by atoms with van der Waals surface area (Å²) in [6.07, 6.45) is 4.28. The van der Waals surface area contributed by atoms with E-state index >= 15 is 0 Å². The number of hydrogen-bond donors (Lipinski definition) is 1. The normalized spacial score (nSPS) is 18.2. The first-order chi connectivity index (χ1) is 15.4. The number of hydrogen-bond acceptors (Lipinski definition) is 5. The summed E-state index contributed by atoms with van der Waals surface area (Å²) in [5.41, 5.74) is 0.894. The summed E-state index contributed by atoms with van der Waals surface area (Å²) in [5, 5.41) is 3.49. The van der Waals surface area contributed by atoms with E-state index in [1.807, 2.05) is 12.2 Å². The Hall–Kier alpha value is -2.70. The molecule has 1 amide bonds. The van der Waals surface area contributed by atoms with E-state index in [1.165, 1.54) is 0 Å². The Bertz CT molecular complexity index is 1000. The number of halogens is 2. The van der Waals surface area contributed by atoms with Crippen molar-refractivity contribution < 1.29 is 23.8 Å². The molecule has 0 radical (unpaired) electrons. The minimum absolute atomic E-state index is 0.220. The molecule has 1 N–H and O–H groups in total. The van der Waals surface area contributed by atoms with Crippen LogP contribution in [0.2, 0.25) is 10.0 Å². The Labute approximate surface area is 197 Å². The van der Waals surface area contributed by atoms with Crippen LogP contribution in [0.5, 0.6) is 11.5 Å². The van der Waals surface area contributed by atoms with Gasteiger partial charge in [0.2, 0.25) is 0 Å². The van der Waals surface area contributed by atoms with E-state index in [0.29, 0.717) is 23.5 Å². The zero-order valence-corrected chi connectivity index (χ0v) is 19.6. The highest BCUT2D eigenvalue weighted by atomic mass is 35.5. The standard InChI is InChI=1S/C24H25Cl2NO5/c1-4-32-24(29)21(17-13-16(30-2)10-11-20(17)31-3)14-8-9-15(12-14)27-23(28)22-18(25)6-5-7-19(22)26/h5-11,13-15,21H,4,12H2,1-3H3,(H,27,28)/t14-,15+,21+/m1/s1. The van der Waals surface area contributed by atoms with Gasteiger partial charge >= 0.3 is 5.97 Å². The van der Waals surface area contributed by atoms with E-state index < -0.39 is 5.92 Å². The minimum atomic E-state index is -0.623. The number of carbonyl (C=O) groups is 2. The SMILES string of the molecule is CCOC(=O)[C@H](c1cc(OC)ccc1OC)[C@@H]1C=C[C@H](NC(=O)c2c(Cl)cccc2Cl)C1. The fourth-order valence-corrected chi connectivity index (χ4v) is 4.45. The first kappa shape index (κ1) is 24.0. The Morgan fingerprint density at radius 2 is 1.81 bits per heavy atom. The summed E-state index contributed by atoms with van der Waals surface area (Å²) in [5.74, 6) is -0.413. The molecule has 0 bridgehead atoms. The van der Waals surface area contributed by atoms with Crippen LogP contribution in [0.4, 0.5) is 0 Å². The predicted molar refractivity (Wildman–Crippen MR) is 124 cm³/mol. The number of rotatable bonds is 8. The molecule has 170 valence electrons. The van der Waals surface area contributed by atoms with Crippen molar-refractivity contribution in [2.24, 2.45) is 5.92 Å². The van der Waals surface area contributed by atoms with E-state index in [9.17, 15) is 9.59 Å². The largest absolute Gasteiger partial charge is 0.497 e. The van der Waals surface area contributed by atoms with Crippen LogP contribution in [0, 0.1) is 5.92 Å². The fourth-order valence-electron chi connectivity index (χ4n) is 3.88. The van der Waals surface area contributed by atoms with Crippen LogP contribution in [0.3, 0.4) is 0 Å². The smallest absolute Gasteiger partial charge is 0.314 e. The van der Waals surface area contributed by atoms with Gasteiger partial charge in [0, 0.05) is 11.6 Å². The van der Waals surface area contributed by atoms with E-state index in [4.69, 9.17) is 37.4 Å². The summed E-state index contributed by atoms with van der Waals surface area (Å²) in [7, 11) is 3.11. The van der Waals surface area contributed by atoms with Crippen molar-refractivity contribution in [2.75, 3.05) is 20.8 Å². The number of nitrogens with one attached hydrogen (secondary N) is 1. The van der Waals surface area contributed by atoms with Gasteiger partial charge in [0.05, 0.1) is 42.4 Å². The van der Waals surface area contributed by atoms with Crippen LogP contribution >= 0.6 is 23.2 Å². The van der Waals surface area contributed by atoms with Crippen molar-refractivity contribution in [1.82, 2.24) is 5.32 Å². The molecule has 0 heterocycles. The maximum Gasteiger partial charge on any atom is 0.314 e. The number of amides is 1. The lowest BCUT2D eigenvalue weighted by molar-refractivity contribution is -0.146. The molecule has 32 heavy (non-hydrogen) atoms. The highest BCUT2D eigenvalue weighted by molar-refractivity contribution is 6.39. The molecule has 0 spiro atoms. The van der Waals surface area contributed by atoms with Crippen LogP contribution in [-0.2, 0) is 9.53 Å². The number of methoxy groups -OCH3 is 2. The lowest BCUT2D eigenvalue weighted by Gasteiger charge is -2.24. The monoisotopic (exact) mass is 477 g/mol. The quantitative estimate of drug-likeness (QED) is 0.426. The van der Waals surface area contributed by atoms with Gasteiger partial charge in [0.25, 0.3) is 5.91 Å². The average molecular weight is 478 g/mol. The molecule has 3 rings (SSSR count). The number of esters is 1. The molecular formula is C24H25Cl2NO5. The molecule has 0 aromatic heterocycles. The molecule has 6 nitrogen and oxygen atoms in total. The zero-order chi connectivity index (χ0) is 23.3. The van der Waals surface area contributed by atoms with Gasteiger partial charge in [0.1, 0.15) is 11.5 Å². The van der Waals surface area contributed by atoms with E-state index in [0.717, 1.165) is 0 Å². The van der Waals surface area contributed by atoms with Crippen molar-refractivity contribution in [3.8, 4) is 11.5 Å². The van der Waals surface area contributed by atoms with Gasteiger partial charge in [-0.25, -0.2) is 0 Å². The second kappa shape index (κ2) is 10.7. The Balaban J connectivity index is 1.84. The highest BCUT2D eigenvalue weighted by Crippen LogP contribution is 2.40. The van der Waals surface area contributed by atoms with Gasteiger partial charge < -0.3 is 19.5 Å². The number of allylic oxidation sites excluding steroid dienone is 1. The summed E-state index contributed by atoms with van der Waals surface area (Å²) < 4.78 is 16.2. The molecule has 0 saturated heterocycles. The zero-order valence-electron chi connectivity index (χ0n) is 18.1. The van der Waals surface area contributed by atoms with Crippen LogP contribution in [-0.4, -0.2) is 38.7 Å². The van der Waals surface area contributed by atoms with Gasteiger partial charge in [-0.2, -0.15) is 0 Å². The number of ether oxygens (including phenoxy) is 3. The van der Waals surface area contributed by atoms with Crippen molar-refractivity contribution in [3.63, 3.8) is 0 Å². The highest BCUT2D eigenvalue weighted by Gasteiger charge is 2.36. The second-order valence-corrected chi connectivity index (χ2v) is 8.11. The predicted octanol–water partition coefficient (Wildman–Crippen LogP) is 5.03. The summed E-state index contributed by atoms with van der Waals surface area (Å²) in [6.45, 7) is 2.02. The first-order valence-corrected chi connectivity index (χ1v) is 11.0. The number of benzene rings is 2. The number of carbonyl (C=O) groups excluding carboxylic acids is 2. The van der Waals surface area contributed by atoms with Gasteiger partial charge in [-0.1, -0.05) is 41.4 Å². The van der Waals surface area contributed by atoms with Crippen molar-refractivity contribution in [3.05, 3.63) is 69.7 Å². The first-order valence-electron chi connectivity index (χ1n) is 10.2. The van der Waals surface area contributed by atoms with Crippen LogP contribution in [0.1, 0.15) is 35.2 Å². The minimum Gasteiger partial charge on any atom is -0.497 e. The Morgan fingerprint density at radius 1 is 1.09 bits per heavy atom. The van der Waals surface area contributed by atoms with Crippen LogP contribution in [0.25, 0.3) is 0 Å². The Kier molecular flexibility index (Phi) is 8.04. The fraction of sp³-hybridized carbons (Fsp3) is 0.333. The molecule has 0 unspecified atom stereocenters. The molecule has 0 saturated carbocycles. The molecule has 2 aromatic rings. The molecule has 2 aromatic carbocycles. The molecule has 8 heteroatoms. The summed E-state index contributed by atoms with van der Waals surface area (Å²) in [6, 6.07) is 9.92. The maximum atomic E-state index is 13.0. The molecule has 1 aliphatic carbocycles. The van der Waals surface area contributed by atoms with Crippen LogP contribution in [0.15, 0.2) is 48.6 Å². The molecule has 3 atom stereocenters. The van der Waals surface area contributed by atoms with Gasteiger partial charge in [0.15, 0.2) is 0 Å². The van der Waals surface area contributed by atoms with E-state index in [2.05, 4.69) is 5.32 Å². The Morgan fingerprint density at radius 3 is 2.44 bits per heavy atom. The van der Waals surface area contributed by atoms with E-state index in [-0.39, 0.29) is 46.1 Å². The van der Waals surface area contributed by atoms with E-state index in [1.54, 1.807) is 57.5 Å². The lowest BCUT2D eigenvalue weighted by Crippen LogP contribution is -2.34. The lowest BCUT2D eigenvalue weighted by atomic mass is 9.84. The second-order valence-electron chi connectivity index (χ2n) is 7.30. The third-order valence-corrected chi connectivity index (χ3v) is 5.99. The van der Waals surface area contributed by atoms with Crippen molar-refractivity contribution >= 4 is 35.1 Å². The van der Waals surface area contributed by atoms with Gasteiger partial charge in [-0.3, -0.25) is 9.59 Å². The average Bonchev–Trinajstić information content (AvgIpc) is 3.21. The third kappa shape index (κ3) is 5.19. The third-order valence-electron chi connectivity index (χ3n) is 5.36. The molecule has 0 fully saturated rings. The molecular weight excluding hydrogens is 453 g/mol. The molecule has 0 aliphatic heterocycles. The topological polar surface area (TPSA) is 73.9 Å². The van der Waals surface area contributed by atoms with Gasteiger partial charge in [-0.05, 0) is 49.6 Å².